The first-order chi connectivity index (χ1) is 27.8. The predicted octanol–water partition coefficient (Wildman–Crippen LogP) is 6.00. The van der Waals surface area contributed by atoms with Crippen LogP contribution in [0.3, 0.4) is 0 Å². The molecule has 5 aromatic heterocycles. The van der Waals surface area contributed by atoms with Crippen molar-refractivity contribution in [3.63, 3.8) is 0 Å². The Bertz CT molecular complexity index is 2470. The van der Waals surface area contributed by atoms with E-state index in [2.05, 4.69) is 36.2 Å². The molecule has 0 spiro atoms. The molecule has 4 amide bonds. The number of aromatic nitrogens is 5. The molecule has 6 aromatic rings. The molecule has 7 rings (SSSR count). The molecule has 1 aliphatic rings. The number of amides is 4. The molecule has 3 atom stereocenters. The average molecular weight is 824 g/mol. The number of benzene rings is 1. The first kappa shape index (κ1) is 40.1. The van der Waals surface area contributed by atoms with Gasteiger partial charge in [-0.2, -0.15) is 0 Å². The minimum absolute atomic E-state index is 0.0407. The van der Waals surface area contributed by atoms with E-state index in [9.17, 15) is 19.2 Å². The molecular weight excluding hydrogens is 783 g/mol. The van der Waals surface area contributed by atoms with Crippen molar-refractivity contribution in [3.8, 4) is 22.0 Å². The first-order valence-electron chi connectivity index (χ1n) is 18.5. The molecule has 0 saturated carbocycles. The highest BCUT2D eigenvalue weighted by Crippen LogP contribution is 2.35. The van der Waals surface area contributed by atoms with Crippen LogP contribution in [0.1, 0.15) is 111 Å². The van der Waals surface area contributed by atoms with Gasteiger partial charge in [-0.15, -0.1) is 22.7 Å². The molecule has 4 N–H and O–H groups in total. The molecule has 1 aliphatic heterocycles. The van der Waals surface area contributed by atoms with Crippen LogP contribution in [-0.4, -0.2) is 54.6 Å². The van der Waals surface area contributed by atoms with Crippen LogP contribution >= 0.6 is 22.7 Å². The van der Waals surface area contributed by atoms with E-state index in [-0.39, 0.29) is 53.7 Å². The van der Waals surface area contributed by atoms with E-state index in [1.165, 1.54) is 22.7 Å². The fourth-order valence-electron chi connectivity index (χ4n) is 6.11. The van der Waals surface area contributed by atoms with Crippen LogP contribution in [0.25, 0.3) is 22.0 Å². The number of thiazole rings is 2. The zero-order valence-corrected chi connectivity index (χ0v) is 34.2. The van der Waals surface area contributed by atoms with Crippen LogP contribution in [0.5, 0.6) is 0 Å². The predicted molar refractivity (Wildman–Crippen MR) is 214 cm³/mol. The number of pyridine rings is 1. The van der Waals surface area contributed by atoms with Crippen LogP contribution in [-0.2, 0) is 29.3 Å². The molecule has 6 heterocycles. The van der Waals surface area contributed by atoms with Crippen LogP contribution < -0.4 is 21.3 Å². The molecule has 0 saturated heterocycles. The number of nitrogens with zero attached hydrogens (tertiary/aromatic N) is 5. The number of fused-ring (bicyclic) bond motifs is 11. The molecule has 0 fully saturated rings. The minimum atomic E-state index is -0.926. The lowest BCUT2D eigenvalue weighted by molar-refractivity contribution is -0.124. The van der Waals surface area contributed by atoms with Crippen molar-refractivity contribution in [2.75, 3.05) is 0 Å². The number of rotatable bonds is 5. The fourth-order valence-corrected chi connectivity index (χ4v) is 7.75. The molecule has 0 unspecified atom stereocenters. The van der Waals surface area contributed by atoms with Crippen LogP contribution in [0, 0.1) is 19.8 Å². The third-order valence-corrected chi connectivity index (χ3v) is 11.1. The maximum Gasteiger partial charge on any atom is 0.274 e. The lowest BCUT2D eigenvalue weighted by atomic mass is 10.0. The molecule has 0 aliphatic carbocycles. The van der Waals surface area contributed by atoms with E-state index < -0.39 is 41.8 Å². The molecule has 1 aromatic carbocycles. The largest absolute Gasteiger partial charge is 0.443 e. The zero-order valence-electron chi connectivity index (χ0n) is 32.5. The Morgan fingerprint density at radius 3 is 2.22 bits per heavy atom. The van der Waals surface area contributed by atoms with Gasteiger partial charge in [0.25, 0.3) is 17.7 Å². The number of nitrogens with one attached hydrogen (secondary N) is 4. The number of carbonyl (C=O) groups is 4. The van der Waals surface area contributed by atoms with E-state index in [1.54, 1.807) is 38.5 Å². The van der Waals surface area contributed by atoms with Gasteiger partial charge in [0.15, 0.2) is 5.69 Å². The second-order valence-corrected chi connectivity index (χ2v) is 15.8. The van der Waals surface area contributed by atoms with Crippen LogP contribution in [0.15, 0.2) is 62.1 Å². The second kappa shape index (κ2) is 17.2. The van der Waals surface area contributed by atoms with Gasteiger partial charge < -0.3 is 34.8 Å². The molecule has 58 heavy (non-hydrogen) atoms. The topological polar surface area (TPSA) is 216 Å². The first-order valence-corrected chi connectivity index (χ1v) is 20.3. The number of hydrogen-bond donors (Lipinski definition) is 4. The summed E-state index contributed by atoms with van der Waals surface area (Å²) < 4.78 is 17.8. The van der Waals surface area contributed by atoms with Crippen molar-refractivity contribution < 1.29 is 32.7 Å². The zero-order chi connectivity index (χ0) is 41.1. The lowest BCUT2D eigenvalue weighted by Gasteiger charge is -2.20. The van der Waals surface area contributed by atoms with Gasteiger partial charge >= 0.3 is 0 Å². The lowest BCUT2D eigenvalue weighted by Crippen LogP contribution is -2.49. The fraction of sp³-hybridized carbons (Fsp3) is 0.325. The van der Waals surface area contributed by atoms with Gasteiger partial charge in [0.05, 0.1) is 31.5 Å². The number of hydrogen-bond acceptors (Lipinski definition) is 14. The standard InChI is InChI=1S/C40H41N9O7S2/c1-19(2)30-36(52)41-14-29-47-32(23(6)55-29)37(53)43-21(4)39-45-27(17-57-39)34(50)42-20(3)38-49-31(22(5)56-38)33-26(40-46-28(18-58-40)35(51)48-30)13-12-25(44-33)16-54-15-24-10-8-7-9-11-24/h7-13,17-21,30H,14-16H2,1-6H3,(H,41,52)(H,42,50)(H,43,53)(H,48,51)/t20-,21-,30-/m0/s1. The quantitative estimate of drug-likeness (QED) is 0.157. The number of ether oxygens (including phenoxy) is 1. The monoisotopic (exact) mass is 823 g/mol. The maximum atomic E-state index is 13.6. The Morgan fingerprint density at radius 2 is 1.45 bits per heavy atom. The number of aryl methyl sites for hydroxylation is 2. The van der Waals surface area contributed by atoms with Gasteiger partial charge in [0.2, 0.25) is 17.7 Å². The van der Waals surface area contributed by atoms with Crippen molar-refractivity contribution in [2.45, 2.75) is 79.4 Å². The highest BCUT2D eigenvalue weighted by molar-refractivity contribution is 7.13. The SMILES string of the molecule is Cc1oc2nc1C(=O)N[C@@H](C)c1nc(cs1)C(=O)N[C@@H](C)c1nc(c(C)o1)-c1nc(COCc3ccccc3)ccc1-c1nc(cs1)C(=O)N[C@@H](C(C)C)C(=O)NC2. The Morgan fingerprint density at radius 1 is 0.741 bits per heavy atom. The summed E-state index contributed by atoms with van der Waals surface area (Å²) in [6.07, 6.45) is 0. The third kappa shape index (κ3) is 8.88. The van der Waals surface area contributed by atoms with E-state index in [0.717, 1.165) is 5.56 Å². The Balaban J connectivity index is 1.23. The van der Waals surface area contributed by atoms with Gasteiger partial charge in [0.1, 0.15) is 56.4 Å². The smallest absolute Gasteiger partial charge is 0.274 e. The summed E-state index contributed by atoms with van der Waals surface area (Å²) in [5.74, 6) is -1.25. The number of carbonyl (C=O) groups excluding carboxylic acids is 4. The molecule has 300 valence electrons. The van der Waals surface area contributed by atoms with Gasteiger partial charge in [-0.25, -0.2) is 24.9 Å². The third-order valence-electron chi connectivity index (χ3n) is 9.22. The van der Waals surface area contributed by atoms with E-state index in [4.69, 9.17) is 23.5 Å². The molecule has 8 bridgehead atoms. The summed E-state index contributed by atoms with van der Waals surface area (Å²) in [7, 11) is 0. The summed E-state index contributed by atoms with van der Waals surface area (Å²) in [5, 5.41) is 15.5. The van der Waals surface area contributed by atoms with Crippen LogP contribution in [0.4, 0.5) is 0 Å². The minimum Gasteiger partial charge on any atom is -0.443 e. The highest BCUT2D eigenvalue weighted by Gasteiger charge is 2.29. The van der Waals surface area contributed by atoms with E-state index in [0.29, 0.717) is 45.0 Å². The van der Waals surface area contributed by atoms with Gasteiger partial charge in [-0.1, -0.05) is 44.2 Å². The van der Waals surface area contributed by atoms with Crippen molar-refractivity contribution in [3.05, 3.63) is 110 Å². The normalized spacial score (nSPS) is 17.9. The van der Waals surface area contributed by atoms with Crippen molar-refractivity contribution in [2.24, 2.45) is 5.92 Å². The summed E-state index contributed by atoms with van der Waals surface area (Å²) in [6, 6.07) is 11.3. The molecular formula is C40H41N9O7S2. The summed E-state index contributed by atoms with van der Waals surface area (Å²) in [4.78, 5) is 76.9. The van der Waals surface area contributed by atoms with Crippen molar-refractivity contribution >= 4 is 46.3 Å². The van der Waals surface area contributed by atoms with Gasteiger partial charge in [-0.05, 0) is 51.3 Å². The average Bonchev–Trinajstić information content (AvgIpc) is 4.03. The molecule has 0 radical (unpaired) electrons. The van der Waals surface area contributed by atoms with E-state index >= 15 is 0 Å². The Kier molecular flexibility index (Phi) is 11.9. The number of oxazole rings is 2. The second-order valence-electron chi connectivity index (χ2n) is 14.1. The van der Waals surface area contributed by atoms with Crippen molar-refractivity contribution in [1.82, 2.24) is 46.2 Å². The van der Waals surface area contributed by atoms with E-state index in [1.807, 2.05) is 56.3 Å². The molecule has 16 nitrogen and oxygen atoms in total. The summed E-state index contributed by atoms with van der Waals surface area (Å²) in [5.41, 5.74) is 3.40. The summed E-state index contributed by atoms with van der Waals surface area (Å²) in [6.45, 7) is 10.9. The Hall–Kier alpha value is -6.11. The highest BCUT2D eigenvalue weighted by atomic mass is 32.1. The molecule has 18 heteroatoms. The maximum absolute atomic E-state index is 13.6. The van der Waals surface area contributed by atoms with Crippen molar-refractivity contribution in [1.29, 1.82) is 0 Å². The van der Waals surface area contributed by atoms with Crippen LogP contribution in [0.2, 0.25) is 0 Å². The Labute approximate surface area is 341 Å². The van der Waals surface area contributed by atoms with Gasteiger partial charge in [0, 0.05) is 16.3 Å². The van der Waals surface area contributed by atoms with Gasteiger partial charge in [-0.3, -0.25) is 19.2 Å². The summed E-state index contributed by atoms with van der Waals surface area (Å²) >= 11 is 2.45.